The molecule has 5 nitrogen and oxygen atoms in total. The molecule has 0 N–H and O–H groups in total. The molecule has 2 unspecified atom stereocenters. The predicted molar refractivity (Wildman–Crippen MR) is 130 cm³/mol. The van der Waals surface area contributed by atoms with Crippen LogP contribution < -0.4 is 4.89 Å². The van der Waals surface area contributed by atoms with Crippen LogP contribution in [0.25, 0.3) is 22.6 Å². The maximum atomic E-state index is 11.1. The van der Waals surface area contributed by atoms with Crippen LogP contribution >= 0.6 is 0 Å². The van der Waals surface area contributed by atoms with Crippen LogP contribution in [0.3, 0.4) is 0 Å². The van der Waals surface area contributed by atoms with Crippen molar-refractivity contribution in [2.75, 3.05) is 0 Å². The van der Waals surface area contributed by atoms with Crippen LogP contribution in [0.5, 0.6) is 5.75 Å². The highest BCUT2D eigenvalue weighted by Crippen LogP contribution is 2.44. The molecule has 5 heteroatoms. The molecule has 0 saturated heterocycles. The number of hydrogen-bond acceptors (Lipinski definition) is 5. The molecule has 0 bridgehead atoms. The molecular formula is C29H27NO4. The Balaban J connectivity index is 1.43. The van der Waals surface area contributed by atoms with Gasteiger partial charge in [-0.05, 0) is 42.9 Å². The smallest absolute Gasteiger partial charge is 0.352 e. The first-order valence-corrected chi connectivity index (χ1v) is 11.7. The fourth-order valence-electron chi connectivity index (χ4n) is 4.81. The number of carbonyl (C=O) groups is 1. The third kappa shape index (κ3) is 4.88. The lowest BCUT2D eigenvalue weighted by Crippen LogP contribution is -2.10. The topological polar surface area (TPSA) is 61.6 Å². The summed E-state index contributed by atoms with van der Waals surface area (Å²) in [5, 5.41) is 0. The van der Waals surface area contributed by atoms with E-state index in [0.717, 1.165) is 59.7 Å². The second-order valence-electron chi connectivity index (χ2n) is 8.77. The number of rotatable bonds is 7. The Morgan fingerprint density at radius 1 is 0.941 bits per heavy atom. The zero-order chi connectivity index (χ0) is 23.3. The van der Waals surface area contributed by atoms with Crippen LogP contribution in [0.1, 0.15) is 43.6 Å². The molecule has 0 radical (unpaired) electrons. The highest BCUT2D eigenvalue weighted by atomic mass is 17.2. The monoisotopic (exact) mass is 453 g/mol. The Hall–Kier alpha value is -3.86. The highest BCUT2D eigenvalue weighted by molar-refractivity contribution is 5.76. The summed E-state index contributed by atoms with van der Waals surface area (Å²) in [7, 11) is 0. The van der Waals surface area contributed by atoms with Crippen molar-refractivity contribution >= 4 is 5.97 Å². The maximum Gasteiger partial charge on any atom is 0.352 e. The Kier molecular flexibility index (Phi) is 6.43. The maximum absolute atomic E-state index is 11.1. The van der Waals surface area contributed by atoms with E-state index in [4.69, 9.17) is 14.3 Å². The molecule has 1 fully saturated rings. The van der Waals surface area contributed by atoms with Crippen LogP contribution in [0.2, 0.25) is 0 Å². The SMILES string of the molecule is CC(=O)OOc1cccc(CC2CCCC2c2nc(-c3ccccc3)c(-c3ccccc3)o2)c1. The molecule has 34 heavy (non-hydrogen) atoms. The van der Waals surface area contributed by atoms with Gasteiger partial charge in [-0.3, -0.25) is 9.78 Å². The van der Waals surface area contributed by atoms with Gasteiger partial charge in [-0.2, -0.15) is 0 Å². The van der Waals surface area contributed by atoms with Crippen molar-refractivity contribution < 1.29 is 19.0 Å². The minimum Gasteiger partial charge on any atom is -0.440 e. The van der Waals surface area contributed by atoms with Crippen molar-refractivity contribution in [3.63, 3.8) is 0 Å². The first kappa shape index (κ1) is 22.0. The van der Waals surface area contributed by atoms with Gasteiger partial charge in [0.25, 0.3) is 0 Å². The predicted octanol–water partition coefficient (Wildman–Crippen LogP) is 6.99. The molecule has 0 aliphatic heterocycles. The lowest BCUT2D eigenvalue weighted by molar-refractivity contribution is -0.210. The number of nitrogens with zero attached hydrogens (tertiary/aromatic N) is 1. The molecule has 1 saturated carbocycles. The Bertz CT molecular complexity index is 1190. The van der Waals surface area contributed by atoms with Crippen LogP contribution in [-0.4, -0.2) is 11.0 Å². The number of carbonyl (C=O) groups excluding carboxylic acids is 1. The van der Waals surface area contributed by atoms with Crippen LogP contribution in [0, 0.1) is 5.92 Å². The summed E-state index contributed by atoms with van der Waals surface area (Å²) in [6.07, 6.45) is 4.19. The summed E-state index contributed by atoms with van der Waals surface area (Å²) >= 11 is 0. The zero-order valence-electron chi connectivity index (χ0n) is 19.1. The number of oxazole rings is 1. The lowest BCUT2D eigenvalue weighted by atomic mass is 9.89. The second kappa shape index (κ2) is 9.96. The van der Waals surface area contributed by atoms with E-state index < -0.39 is 5.97 Å². The summed E-state index contributed by atoms with van der Waals surface area (Å²) in [4.78, 5) is 25.9. The van der Waals surface area contributed by atoms with Crippen molar-refractivity contribution in [1.29, 1.82) is 0 Å². The van der Waals surface area contributed by atoms with E-state index in [1.54, 1.807) is 6.07 Å². The molecule has 2 atom stereocenters. The van der Waals surface area contributed by atoms with Crippen molar-refractivity contribution in [3.05, 3.63) is 96.4 Å². The summed E-state index contributed by atoms with van der Waals surface area (Å²) < 4.78 is 6.50. The molecular weight excluding hydrogens is 426 g/mol. The molecule has 1 heterocycles. The van der Waals surface area contributed by atoms with Crippen molar-refractivity contribution in [1.82, 2.24) is 4.98 Å². The van der Waals surface area contributed by atoms with Crippen molar-refractivity contribution in [3.8, 4) is 28.3 Å². The normalized spacial score (nSPS) is 17.4. The molecule has 1 aromatic heterocycles. The molecule has 172 valence electrons. The van der Waals surface area contributed by atoms with E-state index >= 15 is 0 Å². The summed E-state index contributed by atoms with van der Waals surface area (Å²) in [6, 6.07) is 28.1. The van der Waals surface area contributed by atoms with Gasteiger partial charge in [0.15, 0.2) is 17.4 Å². The molecule has 0 spiro atoms. The molecule has 5 rings (SSSR count). The van der Waals surface area contributed by atoms with Gasteiger partial charge in [-0.25, -0.2) is 9.78 Å². The fraction of sp³-hybridized carbons (Fsp3) is 0.241. The van der Waals surface area contributed by atoms with E-state index in [-0.39, 0.29) is 5.92 Å². The quantitative estimate of drug-likeness (QED) is 0.223. The van der Waals surface area contributed by atoms with Gasteiger partial charge in [-0.15, -0.1) is 0 Å². The standard InChI is InChI=1S/C29H27NO4/c1-20(31)33-34-25-16-8-10-21(19-25)18-24-15-9-17-26(24)29-30-27(22-11-4-2-5-12-22)28(32-29)23-13-6-3-7-14-23/h2-8,10-14,16,19,24,26H,9,15,17-18H2,1H3. The van der Waals surface area contributed by atoms with E-state index in [9.17, 15) is 4.79 Å². The minimum atomic E-state index is -0.478. The Morgan fingerprint density at radius 2 is 1.68 bits per heavy atom. The van der Waals surface area contributed by atoms with Gasteiger partial charge >= 0.3 is 5.97 Å². The van der Waals surface area contributed by atoms with E-state index in [0.29, 0.717) is 11.7 Å². The minimum absolute atomic E-state index is 0.248. The van der Waals surface area contributed by atoms with Crippen molar-refractivity contribution in [2.45, 2.75) is 38.5 Å². The van der Waals surface area contributed by atoms with Gasteiger partial charge in [0.2, 0.25) is 0 Å². The van der Waals surface area contributed by atoms with Crippen LogP contribution in [0.15, 0.2) is 89.3 Å². The second-order valence-corrected chi connectivity index (χ2v) is 8.77. The van der Waals surface area contributed by atoms with Gasteiger partial charge in [0.05, 0.1) is 0 Å². The molecule has 0 amide bonds. The largest absolute Gasteiger partial charge is 0.440 e. The van der Waals surface area contributed by atoms with Gasteiger partial charge in [0.1, 0.15) is 5.69 Å². The molecule has 1 aliphatic carbocycles. The first-order chi connectivity index (χ1) is 16.7. The van der Waals surface area contributed by atoms with Crippen LogP contribution in [0.4, 0.5) is 0 Å². The number of aromatic nitrogens is 1. The Morgan fingerprint density at radius 3 is 2.41 bits per heavy atom. The number of benzene rings is 3. The average Bonchev–Trinajstić information content (AvgIpc) is 3.51. The molecule has 4 aromatic rings. The van der Waals surface area contributed by atoms with Crippen LogP contribution in [-0.2, 0) is 16.1 Å². The average molecular weight is 454 g/mol. The zero-order valence-corrected chi connectivity index (χ0v) is 19.1. The van der Waals surface area contributed by atoms with E-state index in [1.165, 1.54) is 6.92 Å². The summed E-state index contributed by atoms with van der Waals surface area (Å²) in [5.74, 6) is 2.34. The van der Waals surface area contributed by atoms with Gasteiger partial charge in [0, 0.05) is 24.0 Å². The van der Waals surface area contributed by atoms with E-state index in [2.05, 4.69) is 35.2 Å². The summed E-state index contributed by atoms with van der Waals surface area (Å²) in [6.45, 7) is 1.32. The van der Waals surface area contributed by atoms with E-state index in [1.807, 2.05) is 48.5 Å². The van der Waals surface area contributed by atoms with Crippen molar-refractivity contribution in [2.24, 2.45) is 5.92 Å². The Labute approximate surface area is 199 Å². The fourth-order valence-corrected chi connectivity index (χ4v) is 4.81. The summed E-state index contributed by atoms with van der Waals surface area (Å²) in [5.41, 5.74) is 4.12. The lowest BCUT2D eigenvalue weighted by Gasteiger charge is -2.17. The third-order valence-electron chi connectivity index (χ3n) is 6.35. The van der Waals surface area contributed by atoms with Gasteiger partial charge in [-0.1, -0.05) is 79.2 Å². The van der Waals surface area contributed by atoms with Gasteiger partial charge < -0.3 is 4.42 Å². The highest BCUT2D eigenvalue weighted by Gasteiger charge is 2.33. The number of hydrogen-bond donors (Lipinski definition) is 0. The molecule has 1 aliphatic rings. The third-order valence-corrected chi connectivity index (χ3v) is 6.35. The first-order valence-electron chi connectivity index (χ1n) is 11.7. The molecule has 3 aromatic carbocycles.